The fourth-order valence-corrected chi connectivity index (χ4v) is 4.74. The molecule has 134 valence electrons. The van der Waals surface area contributed by atoms with Gasteiger partial charge in [0.05, 0.1) is 11.7 Å². The molecule has 5 nitrogen and oxygen atoms in total. The molecule has 2 aliphatic rings. The molecular weight excluding hydrogens is 310 g/mol. The minimum Gasteiger partial charge on any atom is -0.387 e. The Kier molecular flexibility index (Phi) is 6.63. The molecule has 2 heterocycles. The van der Waals surface area contributed by atoms with Gasteiger partial charge in [0.15, 0.2) is 5.96 Å². The lowest BCUT2D eigenvalue weighted by Gasteiger charge is -2.40. The Bertz CT molecular complexity index is 403. The highest BCUT2D eigenvalue weighted by Gasteiger charge is 2.35. The number of aliphatic imine (C=N–C) groups is 1. The van der Waals surface area contributed by atoms with Crippen LogP contribution in [0.3, 0.4) is 0 Å². The molecule has 3 N–H and O–H groups in total. The number of guanidine groups is 1. The Balaban J connectivity index is 1.82. The van der Waals surface area contributed by atoms with Crippen LogP contribution in [0.4, 0.5) is 0 Å². The Labute approximate surface area is 145 Å². The first kappa shape index (κ1) is 18.9. The lowest BCUT2D eigenvalue weighted by Crippen LogP contribution is -2.50. The number of hydrogen-bond donors (Lipinski definition) is 3. The van der Waals surface area contributed by atoms with Crippen molar-refractivity contribution < 1.29 is 9.84 Å². The molecule has 2 aliphatic heterocycles. The van der Waals surface area contributed by atoms with Crippen molar-refractivity contribution >= 4 is 17.7 Å². The summed E-state index contributed by atoms with van der Waals surface area (Å²) in [5.74, 6) is 3.11. The van der Waals surface area contributed by atoms with Gasteiger partial charge in [0, 0.05) is 38.4 Å². The molecule has 0 aromatic rings. The normalized spacial score (nSPS) is 32.8. The third kappa shape index (κ3) is 5.54. The summed E-state index contributed by atoms with van der Waals surface area (Å²) in [6.45, 7) is 9.03. The molecule has 0 aliphatic carbocycles. The monoisotopic (exact) mass is 343 g/mol. The first-order valence-corrected chi connectivity index (χ1v) is 9.86. The number of thioether (sulfide) groups is 1. The van der Waals surface area contributed by atoms with E-state index in [-0.39, 0.29) is 11.5 Å². The van der Waals surface area contributed by atoms with Gasteiger partial charge < -0.3 is 20.5 Å². The van der Waals surface area contributed by atoms with E-state index in [0.717, 1.165) is 43.5 Å². The fraction of sp³-hybridized carbons (Fsp3) is 0.941. The maximum absolute atomic E-state index is 10.4. The molecule has 0 saturated carbocycles. The van der Waals surface area contributed by atoms with Crippen LogP contribution >= 0.6 is 11.8 Å². The van der Waals surface area contributed by atoms with Crippen molar-refractivity contribution in [1.29, 1.82) is 0 Å². The summed E-state index contributed by atoms with van der Waals surface area (Å²) >= 11 is 1.81. The maximum Gasteiger partial charge on any atom is 0.191 e. The van der Waals surface area contributed by atoms with Crippen molar-refractivity contribution in [2.45, 2.75) is 51.7 Å². The molecule has 0 aromatic heterocycles. The molecular formula is C17H33N3O2S. The molecule has 0 aromatic carbocycles. The van der Waals surface area contributed by atoms with E-state index in [0.29, 0.717) is 12.5 Å². The number of ether oxygens (including phenoxy) is 1. The zero-order chi connectivity index (χ0) is 16.9. The van der Waals surface area contributed by atoms with E-state index >= 15 is 0 Å². The summed E-state index contributed by atoms with van der Waals surface area (Å²) in [7, 11) is 1.78. The Morgan fingerprint density at radius 3 is 2.78 bits per heavy atom. The lowest BCUT2D eigenvalue weighted by molar-refractivity contribution is -0.0835. The van der Waals surface area contributed by atoms with Crippen LogP contribution in [0.25, 0.3) is 0 Å². The van der Waals surface area contributed by atoms with Gasteiger partial charge in [0.25, 0.3) is 0 Å². The number of aliphatic hydroxyl groups is 1. The Hall–Kier alpha value is -0.460. The molecule has 3 atom stereocenters. The van der Waals surface area contributed by atoms with E-state index in [1.165, 1.54) is 6.42 Å². The van der Waals surface area contributed by atoms with Crippen molar-refractivity contribution in [3.05, 3.63) is 0 Å². The van der Waals surface area contributed by atoms with E-state index in [1.54, 1.807) is 7.05 Å². The van der Waals surface area contributed by atoms with E-state index in [9.17, 15) is 5.11 Å². The van der Waals surface area contributed by atoms with Gasteiger partial charge in [-0.25, -0.2) is 0 Å². The third-order valence-corrected chi connectivity index (χ3v) is 5.96. The van der Waals surface area contributed by atoms with Gasteiger partial charge in [-0.3, -0.25) is 4.99 Å². The van der Waals surface area contributed by atoms with Crippen molar-refractivity contribution in [3.8, 4) is 0 Å². The lowest BCUT2D eigenvalue weighted by atomic mass is 9.78. The Morgan fingerprint density at radius 1 is 1.39 bits per heavy atom. The van der Waals surface area contributed by atoms with Gasteiger partial charge in [-0.15, -0.1) is 0 Å². The van der Waals surface area contributed by atoms with E-state index in [4.69, 9.17) is 4.74 Å². The minimum absolute atomic E-state index is 0.153. The van der Waals surface area contributed by atoms with Gasteiger partial charge in [0.2, 0.25) is 0 Å². The predicted molar refractivity (Wildman–Crippen MR) is 98.2 cm³/mol. The second-order valence-electron chi connectivity index (χ2n) is 7.89. The SMILES string of the molecule is CN=C(NCC1CCCOC1C(C)(C)C)NCC1(O)CCSC1. The quantitative estimate of drug-likeness (QED) is 0.537. The molecule has 6 heteroatoms. The van der Waals surface area contributed by atoms with Crippen LogP contribution in [0.2, 0.25) is 0 Å². The van der Waals surface area contributed by atoms with Crippen LogP contribution in [0, 0.1) is 11.3 Å². The number of hydrogen-bond acceptors (Lipinski definition) is 4. The van der Waals surface area contributed by atoms with Crippen LogP contribution < -0.4 is 10.6 Å². The second-order valence-corrected chi connectivity index (χ2v) is 9.00. The molecule has 23 heavy (non-hydrogen) atoms. The number of nitrogens with zero attached hydrogens (tertiary/aromatic N) is 1. The first-order valence-electron chi connectivity index (χ1n) is 8.70. The van der Waals surface area contributed by atoms with E-state index < -0.39 is 5.60 Å². The summed E-state index contributed by atoms with van der Waals surface area (Å²) in [6, 6.07) is 0. The smallest absolute Gasteiger partial charge is 0.191 e. The standard InChI is InChI=1S/C17H33N3O2S/c1-16(2,3)14-13(6-5-8-22-14)10-19-15(18-4)20-11-17(21)7-9-23-12-17/h13-14,21H,5-12H2,1-4H3,(H2,18,19,20). The molecule has 0 spiro atoms. The second kappa shape index (κ2) is 8.08. The first-order chi connectivity index (χ1) is 10.8. The van der Waals surface area contributed by atoms with Crippen molar-refractivity contribution in [1.82, 2.24) is 10.6 Å². The van der Waals surface area contributed by atoms with Crippen molar-refractivity contribution in [3.63, 3.8) is 0 Å². The minimum atomic E-state index is -0.593. The highest BCUT2D eigenvalue weighted by atomic mass is 32.2. The molecule has 0 bridgehead atoms. The molecule has 2 rings (SSSR count). The largest absolute Gasteiger partial charge is 0.387 e. The van der Waals surface area contributed by atoms with Crippen molar-refractivity contribution in [2.75, 3.05) is 38.2 Å². The van der Waals surface area contributed by atoms with Crippen LogP contribution in [0.5, 0.6) is 0 Å². The van der Waals surface area contributed by atoms with E-state index in [2.05, 4.69) is 36.4 Å². The summed E-state index contributed by atoms with van der Waals surface area (Å²) in [5.41, 5.74) is -0.440. The topological polar surface area (TPSA) is 65.9 Å². The average Bonchev–Trinajstić information content (AvgIpc) is 2.94. The molecule has 0 amide bonds. The van der Waals surface area contributed by atoms with Gasteiger partial charge in [0.1, 0.15) is 0 Å². The van der Waals surface area contributed by atoms with Gasteiger partial charge in [-0.2, -0.15) is 11.8 Å². The molecule has 3 unspecified atom stereocenters. The van der Waals surface area contributed by atoms with Gasteiger partial charge in [-0.05, 0) is 30.4 Å². The third-order valence-electron chi connectivity index (χ3n) is 4.72. The maximum atomic E-state index is 10.4. The van der Waals surface area contributed by atoms with Gasteiger partial charge in [-0.1, -0.05) is 20.8 Å². The molecule has 2 saturated heterocycles. The number of nitrogens with one attached hydrogen (secondary N) is 2. The summed E-state index contributed by atoms with van der Waals surface area (Å²) in [5, 5.41) is 17.1. The fourth-order valence-electron chi connectivity index (χ4n) is 3.44. The molecule has 2 fully saturated rings. The zero-order valence-electron chi connectivity index (χ0n) is 15.0. The van der Waals surface area contributed by atoms with Crippen LogP contribution in [0.1, 0.15) is 40.0 Å². The summed E-state index contributed by atoms with van der Waals surface area (Å²) in [4.78, 5) is 4.29. The van der Waals surface area contributed by atoms with Crippen LogP contribution in [-0.4, -0.2) is 61.0 Å². The highest BCUT2D eigenvalue weighted by Crippen LogP contribution is 2.33. The summed E-state index contributed by atoms with van der Waals surface area (Å²) in [6.07, 6.45) is 3.44. The van der Waals surface area contributed by atoms with Gasteiger partial charge >= 0.3 is 0 Å². The predicted octanol–water partition coefficient (Wildman–Crippen LogP) is 1.86. The number of rotatable bonds is 4. The molecule has 0 radical (unpaired) electrons. The van der Waals surface area contributed by atoms with Crippen LogP contribution in [0.15, 0.2) is 4.99 Å². The van der Waals surface area contributed by atoms with Crippen molar-refractivity contribution in [2.24, 2.45) is 16.3 Å². The van der Waals surface area contributed by atoms with Crippen LogP contribution in [-0.2, 0) is 4.74 Å². The van der Waals surface area contributed by atoms with E-state index in [1.807, 2.05) is 11.8 Å². The zero-order valence-corrected chi connectivity index (χ0v) is 15.8. The average molecular weight is 344 g/mol. The Morgan fingerprint density at radius 2 is 2.17 bits per heavy atom. The highest BCUT2D eigenvalue weighted by molar-refractivity contribution is 7.99. The summed E-state index contributed by atoms with van der Waals surface area (Å²) < 4.78 is 6.04.